The van der Waals surface area contributed by atoms with Crippen LogP contribution in [0.25, 0.3) is 0 Å². The summed E-state index contributed by atoms with van der Waals surface area (Å²) >= 11 is 0. The molecule has 0 aliphatic carbocycles. The molecule has 4 rings (SSSR count). The Morgan fingerprint density at radius 3 is 2.22 bits per heavy atom. The number of nitrogens with zero attached hydrogens (tertiary/aromatic N) is 1. The van der Waals surface area contributed by atoms with Crippen LogP contribution < -0.4 is 10.6 Å². The molecule has 0 saturated carbocycles. The van der Waals surface area contributed by atoms with Crippen molar-refractivity contribution < 1.29 is 34.0 Å². The molecule has 1 heterocycles. The summed E-state index contributed by atoms with van der Waals surface area (Å²) in [6.45, 7) is 6.69. The van der Waals surface area contributed by atoms with E-state index in [-0.39, 0.29) is 50.5 Å². The van der Waals surface area contributed by atoms with Crippen LogP contribution in [0.3, 0.4) is 0 Å². The van der Waals surface area contributed by atoms with Gasteiger partial charge in [0.05, 0.1) is 31.5 Å². The second-order valence-corrected chi connectivity index (χ2v) is 11.4. The highest BCUT2D eigenvalue weighted by Gasteiger charge is 2.39. The summed E-state index contributed by atoms with van der Waals surface area (Å²) in [5.74, 6) is -0.505. The van der Waals surface area contributed by atoms with Crippen molar-refractivity contribution in [2.75, 3.05) is 26.7 Å². The van der Waals surface area contributed by atoms with Crippen LogP contribution in [0.5, 0.6) is 0 Å². The first-order chi connectivity index (χ1) is 21.7. The zero-order chi connectivity index (χ0) is 32.3. The Labute approximate surface area is 265 Å². The number of rotatable bonds is 13. The molecule has 4 N–H and O–H groups in total. The van der Waals surface area contributed by atoms with Crippen molar-refractivity contribution in [3.8, 4) is 0 Å². The highest BCUT2D eigenvalue weighted by Crippen LogP contribution is 2.42. The lowest BCUT2D eigenvalue weighted by molar-refractivity contribution is -0.276. The summed E-state index contributed by atoms with van der Waals surface area (Å²) < 4.78 is 18.0. The SMILES string of the molecule is CCOC(=O)CNC(=O)NCc1ccc([C@@H]2O[C@H](CN(C)[C@@H](C)[C@H](O)c3ccccc3)[C@H](C)[C@H](c3ccc(CO)cc3)O2)cc1. The number of urea groups is 1. The van der Waals surface area contributed by atoms with Crippen molar-refractivity contribution in [2.24, 2.45) is 5.92 Å². The number of hydrogen-bond acceptors (Lipinski definition) is 8. The fraction of sp³-hybridized carbons (Fsp3) is 0.429. The van der Waals surface area contributed by atoms with Gasteiger partial charge in [-0.05, 0) is 43.1 Å². The Morgan fingerprint density at radius 1 is 0.933 bits per heavy atom. The van der Waals surface area contributed by atoms with E-state index >= 15 is 0 Å². The third kappa shape index (κ3) is 9.35. The first-order valence-corrected chi connectivity index (χ1v) is 15.4. The molecule has 0 aromatic heterocycles. The van der Waals surface area contributed by atoms with Crippen molar-refractivity contribution in [2.45, 2.75) is 64.6 Å². The quantitative estimate of drug-likeness (QED) is 0.208. The van der Waals surface area contributed by atoms with E-state index < -0.39 is 24.4 Å². The first-order valence-electron chi connectivity index (χ1n) is 15.4. The van der Waals surface area contributed by atoms with Crippen molar-refractivity contribution in [3.63, 3.8) is 0 Å². The van der Waals surface area contributed by atoms with E-state index in [0.29, 0.717) is 6.54 Å². The Morgan fingerprint density at radius 2 is 1.58 bits per heavy atom. The maximum atomic E-state index is 12.1. The van der Waals surface area contributed by atoms with Gasteiger partial charge in [0, 0.05) is 30.6 Å². The van der Waals surface area contributed by atoms with Crippen molar-refractivity contribution in [1.29, 1.82) is 0 Å². The number of likely N-dealkylation sites (N-methyl/N-ethyl adjacent to an activating group) is 1. The minimum absolute atomic E-state index is 0.0126. The molecule has 10 heteroatoms. The third-order valence-corrected chi connectivity index (χ3v) is 8.29. The van der Waals surface area contributed by atoms with Gasteiger partial charge in [0.2, 0.25) is 0 Å². The standard InChI is InChI=1S/C35H45N3O7/c1-5-43-31(40)20-37-35(42)36-19-25-11-17-29(18-12-25)34-44-30(21-38(4)24(3)32(41)27-9-7-6-8-10-27)23(2)33(45-34)28-15-13-26(22-39)14-16-28/h6-18,23-24,30,32-34,39,41H,5,19-22H2,1-4H3,(H2,36,37,42)/t23-,24-,30+,32-,33+,34+/m0/s1. The normalized spacial score (nSPS) is 21.1. The van der Waals surface area contributed by atoms with Gasteiger partial charge in [-0.3, -0.25) is 9.69 Å². The molecule has 1 aliphatic heterocycles. The van der Waals surface area contributed by atoms with Crippen LogP contribution in [-0.2, 0) is 32.2 Å². The second kappa shape index (κ2) is 16.5. The Kier molecular flexibility index (Phi) is 12.5. The van der Waals surface area contributed by atoms with Gasteiger partial charge in [-0.1, -0.05) is 85.8 Å². The molecule has 3 aromatic carbocycles. The van der Waals surface area contributed by atoms with Crippen molar-refractivity contribution >= 4 is 12.0 Å². The number of hydrogen-bond donors (Lipinski definition) is 4. The molecule has 1 saturated heterocycles. The Hall–Kier alpha value is -3.80. The molecule has 3 aromatic rings. The number of ether oxygens (including phenoxy) is 3. The molecule has 6 atom stereocenters. The van der Waals surface area contributed by atoms with Crippen molar-refractivity contribution in [1.82, 2.24) is 15.5 Å². The van der Waals surface area contributed by atoms with E-state index in [9.17, 15) is 19.8 Å². The molecule has 0 spiro atoms. The lowest BCUT2D eigenvalue weighted by Gasteiger charge is -2.43. The van der Waals surface area contributed by atoms with E-state index in [1.54, 1.807) is 6.92 Å². The molecule has 0 unspecified atom stereocenters. The van der Waals surface area contributed by atoms with Gasteiger partial charge in [0.25, 0.3) is 0 Å². The monoisotopic (exact) mass is 619 g/mol. The highest BCUT2D eigenvalue weighted by molar-refractivity contribution is 5.80. The molecule has 2 amide bonds. The van der Waals surface area contributed by atoms with Crippen LogP contribution in [0.15, 0.2) is 78.9 Å². The van der Waals surface area contributed by atoms with Gasteiger partial charge in [-0.15, -0.1) is 0 Å². The molecular weight excluding hydrogens is 574 g/mol. The number of benzene rings is 3. The van der Waals surface area contributed by atoms with E-state index in [2.05, 4.69) is 22.5 Å². The molecular formula is C35H45N3O7. The largest absolute Gasteiger partial charge is 0.465 e. The number of carbonyl (C=O) groups excluding carboxylic acids is 2. The molecule has 10 nitrogen and oxygen atoms in total. The number of carbonyl (C=O) groups is 2. The van der Waals surface area contributed by atoms with Crippen LogP contribution >= 0.6 is 0 Å². The minimum Gasteiger partial charge on any atom is -0.465 e. The van der Waals surface area contributed by atoms with E-state index in [4.69, 9.17) is 14.2 Å². The van der Waals surface area contributed by atoms with Crippen LogP contribution in [0, 0.1) is 5.92 Å². The van der Waals surface area contributed by atoms with E-state index in [1.165, 1.54) is 0 Å². The minimum atomic E-state index is -0.655. The zero-order valence-corrected chi connectivity index (χ0v) is 26.4. The second-order valence-electron chi connectivity index (χ2n) is 11.4. The van der Waals surface area contributed by atoms with Gasteiger partial charge >= 0.3 is 12.0 Å². The van der Waals surface area contributed by atoms with Crippen LogP contribution in [0.1, 0.15) is 67.1 Å². The Bertz CT molecular complexity index is 1350. The summed E-state index contributed by atoms with van der Waals surface area (Å²) in [4.78, 5) is 25.7. The summed E-state index contributed by atoms with van der Waals surface area (Å²) in [7, 11) is 1.99. The zero-order valence-electron chi connectivity index (χ0n) is 26.4. The summed E-state index contributed by atoms with van der Waals surface area (Å²) in [5, 5.41) is 25.8. The van der Waals surface area contributed by atoms with E-state index in [1.807, 2.05) is 92.8 Å². The topological polar surface area (TPSA) is 130 Å². The van der Waals surface area contributed by atoms with Crippen LogP contribution in [0.4, 0.5) is 4.79 Å². The summed E-state index contributed by atoms with van der Waals surface area (Å²) in [5.41, 5.74) is 4.38. The number of aliphatic hydroxyl groups excluding tert-OH is 2. The summed E-state index contributed by atoms with van der Waals surface area (Å²) in [6, 6.07) is 24.4. The molecule has 242 valence electrons. The summed E-state index contributed by atoms with van der Waals surface area (Å²) in [6.07, 6.45) is -1.79. The van der Waals surface area contributed by atoms with Crippen molar-refractivity contribution in [3.05, 3.63) is 107 Å². The number of aliphatic hydroxyl groups is 2. The first kappa shape index (κ1) is 34.1. The van der Waals surface area contributed by atoms with Gasteiger partial charge < -0.3 is 35.1 Å². The lowest BCUT2D eigenvalue weighted by atomic mass is 9.89. The molecule has 1 fully saturated rings. The average molecular weight is 620 g/mol. The van der Waals surface area contributed by atoms with Gasteiger partial charge in [0.1, 0.15) is 6.54 Å². The maximum absolute atomic E-state index is 12.1. The Balaban J connectivity index is 1.46. The predicted molar refractivity (Wildman–Crippen MR) is 170 cm³/mol. The van der Waals surface area contributed by atoms with Crippen LogP contribution in [-0.4, -0.2) is 66.0 Å². The number of amides is 2. The van der Waals surface area contributed by atoms with Crippen LogP contribution in [0.2, 0.25) is 0 Å². The number of esters is 1. The highest BCUT2D eigenvalue weighted by atomic mass is 16.7. The van der Waals surface area contributed by atoms with Gasteiger partial charge in [0.15, 0.2) is 6.29 Å². The predicted octanol–water partition coefficient (Wildman–Crippen LogP) is 4.39. The average Bonchev–Trinajstić information content (AvgIpc) is 3.07. The lowest BCUT2D eigenvalue weighted by Crippen LogP contribution is -2.46. The molecule has 0 radical (unpaired) electrons. The van der Waals surface area contributed by atoms with Gasteiger partial charge in [-0.25, -0.2) is 4.79 Å². The number of nitrogens with one attached hydrogen (secondary N) is 2. The third-order valence-electron chi connectivity index (χ3n) is 8.29. The molecule has 0 bridgehead atoms. The fourth-order valence-electron chi connectivity index (χ4n) is 5.35. The fourth-order valence-corrected chi connectivity index (χ4v) is 5.35. The maximum Gasteiger partial charge on any atom is 0.325 e. The van der Waals surface area contributed by atoms with Gasteiger partial charge in [-0.2, -0.15) is 0 Å². The van der Waals surface area contributed by atoms with E-state index in [0.717, 1.165) is 27.8 Å². The molecule has 1 aliphatic rings. The molecule has 45 heavy (non-hydrogen) atoms. The smallest absolute Gasteiger partial charge is 0.325 e.